The highest BCUT2D eigenvalue weighted by molar-refractivity contribution is 6.35. The Morgan fingerprint density at radius 3 is 2.56 bits per heavy atom. The molecule has 0 aliphatic carbocycles. The molecule has 144 valence electrons. The van der Waals surface area contributed by atoms with Crippen molar-refractivity contribution in [3.05, 3.63) is 54.0 Å². The number of ether oxygens (including phenoxy) is 1. The van der Waals surface area contributed by atoms with Crippen LogP contribution in [0, 0.1) is 0 Å². The van der Waals surface area contributed by atoms with Crippen LogP contribution in [-0.2, 0) is 22.7 Å². The van der Waals surface area contributed by atoms with E-state index in [4.69, 9.17) is 4.74 Å². The minimum Gasteiger partial charge on any atom is -0.480 e. The average molecular weight is 371 g/mol. The molecule has 0 saturated heterocycles. The molecule has 1 heterocycles. The Bertz CT molecular complexity index is 754. The summed E-state index contributed by atoms with van der Waals surface area (Å²) in [5.41, 5.74) is 1.70. The molecule has 1 aromatic carbocycles. The first kappa shape index (κ1) is 20.3. The Morgan fingerprint density at radius 1 is 1.15 bits per heavy atom. The minimum atomic E-state index is -0.711. The molecule has 0 aliphatic rings. The van der Waals surface area contributed by atoms with E-state index in [0.29, 0.717) is 18.1 Å². The number of nitrogens with zero attached hydrogens (tertiary/aromatic N) is 3. The van der Waals surface area contributed by atoms with Crippen LogP contribution < -0.4 is 15.4 Å². The molecule has 0 fully saturated rings. The van der Waals surface area contributed by atoms with Gasteiger partial charge in [-0.25, -0.2) is 4.98 Å². The Kier molecular flexibility index (Phi) is 7.69. The lowest BCUT2D eigenvalue weighted by molar-refractivity contribution is -0.139. The van der Waals surface area contributed by atoms with E-state index >= 15 is 0 Å². The fourth-order valence-corrected chi connectivity index (χ4v) is 2.32. The van der Waals surface area contributed by atoms with E-state index in [1.54, 1.807) is 0 Å². The quantitative estimate of drug-likeness (QED) is 0.665. The van der Waals surface area contributed by atoms with Crippen molar-refractivity contribution in [3.8, 4) is 5.88 Å². The second kappa shape index (κ2) is 10.2. The Morgan fingerprint density at radius 2 is 1.85 bits per heavy atom. The van der Waals surface area contributed by atoms with Gasteiger partial charge in [0.05, 0.1) is 31.7 Å². The number of benzene rings is 1. The molecule has 0 aliphatic heterocycles. The van der Waals surface area contributed by atoms with Gasteiger partial charge in [0, 0.05) is 19.1 Å². The molecule has 2 amide bonds. The summed E-state index contributed by atoms with van der Waals surface area (Å²) in [6.07, 6.45) is 2.96. The van der Waals surface area contributed by atoms with Gasteiger partial charge in [-0.2, -0.15) is 0 Å². The summed E-state index contributed by atoms with van der Waals surface area (Å²) in [7, 11) is 3.46. The third-order valence-corrected chi connectivity index (χ3v) is 4.09. The third-order valence-electron chi connectivity index (χ3n) is 4.09. The maximum absolute atomic E-state index is 12.0. The predicted octanol–water partition coefficient (Wildman–Crippen LogP) is 0.738. The molecule has 1 unspecified atom stereocenters. The van der Waals surface area contributed by atoms with Crippen LogP contribution in [0.2, 0.25) is 0 Å². The van der Waals surface area contributed by atoms with Gasteiger partial charge in [0.2, 0.25) is 5.88 Å². The molecule has 27 heavy (non-hydrogen) atoms. The van der Waals surface area contributed by atoms with E-state index in [9.17, 15) is 9.59 Å². The molecular formula is C19H25N5O3. The van der Waals surface area contributed by atoms with Crippen molar-refractivity contribution in [1.29, 1.82) is 0 Å². The average Bonchev–Trinajstić information content (AvgIpc) is 2.70. The van der Waals surface area contributed by atoms with Crippen LogP contribution in [0.5, 0.6) is 5.88 Å². The van der Waals surface area contributed by atoms with Gasteiger partial charge in [0.1, 0.15) is 0 Å². The molecule has 0 spiro atoms. The van der Waals surface area contributed by atoms with Crippen LogP contribution in [0.15, 0.2) is 42.7 Å². The minimum absolute atomic E-state index is 0.0752. The van der Waals surface area contributed by atoms with Crippen LogP contribution in [-0.4, -0.2) is 53.4 Å². The number of nitrogens with one attached hydrogen (secondary N) is 2. The zero-order valence-electron chi connectivity index (χ0n) is 15.8. The van der Waals surface area contributed by atoms with E-state index in [2.05, 4.69) is 37.6 Å². The first-order valence-electron chi connectivity index (χ1n) is 8.64. The highest BCUT2D eigenvalue weighted by Gasteiger charge is 2.16. The molecule has 2 aromatic rings. The molecule has 1 aromatic heterocycles. The topological polar surface area (TPSA) is 96.4 Å². The molecule has 8 nitrogen and oxygen atoms in total. The SMILES string of the molecule is COc1cncc(CNC(=O)C(=O)NCC(C)N(C)Cc2ccccc2)n1. The fraction of sp³-hybridized carbons (Fsp3) is 0.368. The Labute approximate surface area is 159 Å². The Balaban J connectivity index is 1.74. The largest absolute Gasteiger partial charge is 0.480 e. The molecular weight excluding hydrogens is 346 g/mol. The number of likely N-dealkylation sites (N-methyl/N-ethyl adjacent to an activating group) is 1. The second-order valence-corrected chi connectivity index (χ2v) is 6.20. The van der Waals surface area contributed by atoms with Crippen LogP contribution in [0.4, 0.5) is 0 Å². The summed E-state index contributed by atoms with van der Waals surface area (Å²) in [4.78, 5) is 34.1. The second-order valence-electron chi connectivity index (χ2n) is 6.20. The zero-order valence-corrected chi connectivity index (χ0v) is 15.8. The lowest BCUT2D eigenvalue weighted by Gasteiger charge is -2.24. The lowest BCUT2D eigenvalue weighted by Crippen LogP contribution is -2.45. The number of hydrogen-bond acceptors (Lipinski definition) is 6. The van der Waals surface area contributed by atoms with Crippen molar-refractivity contribution < 1.29 is 14.3 Å². The van der Waals surface area contributed by atoms with Crippen molar-refractivity contribution in [2.24, 2.45) is 0 Å². The lowest BCUT2D eigenvalue weighted by atomic mass is 10.2. The molecule has 1 atom stereocenters. The maximum atomic E-state index is 12.0. The van der Waals surface area contributed by atoms with E-state index in [0.717, 1.165) is 6.54 Å². The van der Waals surface area contributed by atoms with Crippen LogP contribution >= 0.6 is 0 Å². The third kappa shape index (κ3) is 6.67. The van der Waals surface area contributed by atoms with Gasteiger partial charge in [-0.05, 0) is 19.5 Å². The number of rotatable bonds is 8. The summed E-state index contributed by atoms with van der Waals surface area (Å²) in [5.74, 6) is -1.04. The molecule has 2 rings (SSSR count). The maximum Gasteiger partial charge on any atom is 0.309 e. The summed E-state index contributed by atoms with van der Waals surface area (Å²) < 4.78 is 4.97. The fourth-order valence-electron chi connectivity index (χ4n) is 2.32. The summed E-state index contributed by atoms with van der Waals surface area (Å²) in [5, 5.41) is 5.17. The van der Waals surface area contributed by atoms with Gasteiger partial charge in [-0.15, -0.1) is 0 Å². The van der Waals surface area contributed by atoms with Gasteiger partial charge in [-0.1, -0.05) is 30.3 Å². The predicted molar refractivity (Wildman–Crippen MR) is 101 cm³/mol. The van der Waals surface area contributed by atoms with Crippen molar-refractivity contribution in [2.45, 2.75) is 26.1 Å². The smallest absolute Gasteiger partial charge is 0.309 e. The molecule has 2 N–H and O–H groups in total. The van der Waals surface area contributed by atoms with Gasteiger partial charge >= 0.3 is 11.8 Å². The molecule has 0 radical (unpaired) electrons. The Hall–Kier alpha value is -3.00. The van der Waals surface area contributed by atoms with Crippen molar-refractivity contribution in [2.75, 3.05) is 20.7 Å². The number of carbonyl (C=O) groups excluding carboxylic acids is 2. The highest BCUT2D eigenvalue weighted by atomic mass is 16.5. The van der Waals surface area contributed by atoms with Gasteiger partial charge < -0.3 is 15.4 Å². The highest BCUT2D eigenvalue weighted by Crippen LogP contribution is 2.05. The number of hydrogen-bond donors (Lipinski definition) is 2. The van der Waals surface area contributed by atoms with Gasteiger partial charge in [0.15, 0.2) is 0 Å². The van der Waals surface area contributed by atoms with E-state index in [1.807, 2.05) is 32.2 Å². The molecule has 0 saturated carbocycles. The van der Waals surface area contributed by atoms with Crippen LogP contribution in [0.3, 0.4) is 0 Å². The van der Waals surface area contributed by atoms with Gasteiger partial charge in [-0.3, -0.25) is 19.5 Å². The van der Waals surface area contributed by atoms with E-state index in [1.165, 1.54) is 25.1 Å². The monoisotopic (exact) mass is 371 g/mol. The number of methoxy groups -OCH3 is 1. The standard InChI is InChI=1S/C19H25N5O3/c1-14(24(2)13-15-7-5-4-6-8-15)9-21-18(25)19(26)22-11-16-10-20-12-17(23-16)27-3/h4-8,10,12,14H,9,11,13H2,1-3H3,(H,21,25)(H,22,26). The number of aromatic nitrogens is 2. The van der Waals surface area contributed by atoms with Crippen molar-refractivity contribution in [1.82, 2.24) is 25.5 Å². The van der Waals surface area contributed by atoms with Crippen LogP contribution in [0.25, 0.3) is 0 Å². The zero-order chi connectivity index (χ0) is 19.6. The van der Waals surface area contributed by atoms with Crippen molar-refractivity contribution >= 4 is 11.8 Å². The normalized spacial score (nSPS) is 11.7. The first-order valence-corrected chi connectivity index (χ1v) is 8.64. The molecule has 8 heteroatoms. The molecule has 0 bridgehead atoms. The van der Waals surface area contributed by atoms with Crippen molar-refractivity contribution in [3.63, 3.8) is 0 Å². The number of amides is 2. The summed E-state index contributed by atoms with van der Waals surface area (Å²) in [6, 6.07) is 10.1. The number of carbonyl (C=O) groups is 2. The van der Waals surface area contributed by atoms with E-state index in [-0.39, 0.29) is 12.6 Å². The first-order chi connectivity index (χ1) is 13.0. The van der Waals surface area contributed by atoms with Gasteiger partial charge in [0.25, 0.3) is 0 Å². The summed E-state index contributed by atoms with van der Waals surface area (Å²) in [6.45, 7) is 3.22. The van der Waals surface area contributed by atoms with E-state index < -0.39 is 11.8 Å². The summed E-state index contributed by atoms with van der Waals surface area (Å²) >= 11 is 0. The van der Waals surface area contributed by atoms with Crippen LogP contribution in [0.1, 0.15) is 18.2 Å².